The van der Waals surface area contributed by atoms with Crippen LogP contribution in [0.1, 0.15) is 41.2 Å². The number of nitrogens with zero attached hydrogens (tertiary/aromatic N) is 1. The van der Waals surface area contributed by atoms with Gasteiger partial charge >= 0.3 is 0 Å². The van der Waals surface area contributed by atoms with Crippen LogP contribution in [0.5, 0.6) is 11.6 Å². The van der Waals surface area contributed by atoms with Crippen molar-refractivity contribution in [3.05, 3.63) is 47.7 Å². The molecule has 23 heavy (non-hydrogen) atoms. The average molecular weight is 310 g/mol. The highest BCUT2D eigenvalue weighted by molar-refractivity contribution is 6.03. The van der Waals surface area contributed by atoms with E-state index in [4.69, 9.17) is 9.47 Å². The lowest BCUT2D eigenvalue weighted by atomic mass is 9.80. The van der Waals surface area contributed by atoms with Crippen molar-refractivity contribution in [2.45, 2.75) is 25.2 Å². The summed E-state index contributed by atoms with van der Waals surface area (Å²) < 4.78 is 10.8. The Morgan fingerprint density at radius 3 is 2.57 bits per heavy atom. The van der Waals surface area contributed by atoms with Gasteiger partial charge in [0.1, 0.15) is 18.9 Å². The van der Waals surface area contributed by atoms with Crippen LogP contribution in [0.4, 0.5) is 5.69 Å². The van der Waals surface area contributed by atoms with Crippen molar-refractivity contribution < 1.29 is 14.3 Å². The number of pyridine rings is 1. The molecule has 5 heteroatoms. The Balaban J connectivity index is 1.46. The topological polar surface area (TPSA) is 60.5 Å². The number of benzene rings is 1. The van der Waals surface area contributed by atoms with Gasteiger partial charge in [0.2, 0.25) is 0 Å². The second-order valence-electron chi connectivity index (χ2n) is 5.90. The lowest BCUT2D eigenvalue weighted by Gasteiger charge is -2.25. The molecule has 1 aliphatic carbocycles. The second-order valence-corrected chi connectivity index (χ2v) is 5.90. The Labute approximate surface area is 134 Å². The predicted molar refractivity (Wildman–Crippen MR) is 86.2 cm³/mol. The molecule has 1 amide bonds. The number of nitrogens with one attached hydrogen (secondary N) is 1. The second kappa shape index (κ2) is 5.91. The van der Waals surface area contributed by atoms with Crippen molar-refractivity contribution in [2.75, 3.05) is 18.5 Å². The number of amides is 1. The molecule has 0 radical (unpaired) electrons. The third-order valence-electron chi connectivity index (χ3n) is 4.38. The van der Waals surface area contributed by atoms with Crippen molar-refractivity contribution in [1.29, 1.82) is 0 Å². The van der Waals surface area contributed by atoms with Gasteiger partial charge in [-0.1, -0.05) is 18.6 Å². The number of hydrogen-bond acceptors (Lipinski definition) is 4. The Bertz CT molecular complexity index is 724. The fraction of sp³-hybridized carbons (Fsp3) is 0.333. The maximum Gasteiger partial charge on any atom is 0.274 e. The minimum Gasteiger partial charge on any atom is -0.484 e. The maximum atomic E-state index is 12.3. The van der Waals surface area contributed by atoms with Crippen LogP contribution < -0.4 is 14.8 Å². The van der Waals surface area contributed by atoms with E-state index in [1.54, 1.807) is 12.1 Å². The number of ether oxygens (including phenoxy) is 2. The smallest absolute Gasteiger partial charge is 0.274 e. The van der Waals surface area contributed by atoms with E-state index < -0.39 is 0 Å². The predicted octanol–water partition coefficient (Wildman–Crippen LogP) is 3.37. The standard InChI is InChI=1S/C18H18N2O3/c21-17(15-8-9-16-18(20-15)23-11-10-22-16)19-14-6-4-13(5-7-14)12-2-1-3-12/h4-9,12H,1-3,10-11H2,(H,19,21). The molecule has 2 aliphatic rings. The SMILES string of the molecule is O=C(Nc1ccc(C2CCC2)cc1)c1ccc2c(n1)OCCO2. The molecule has 0 bridgehead atoms. The van der Waals surface area contributed by atoms with Gasteiger partial charge in [0.15, 0.2) is 5.75 Å². The number of aromatic nitrogens is 1. The van der Waals surface area contributed by atoms with Crippen molar-refractivity contribution in [3.63, 3.8) is 0 Å². The molecule has 0 saturated heterocycles. The zero-order valence-electron chi connectivity index (χ0n) is 12.7. The van der Waals surface area contributed by atoms with Crippen LogP contribution in [-0.2, 0) is 0 Å². The van der Waals surface area contributed by atoms with Crippen LogP contribution in [0.25, 0.3) is 0 Å². The van der Waals surface area contributed by atoms with Gasteiger partial charge in [-0.05, 0) is 48.6 Å². The zero-order valence-corrected chi connectivity index (χ0v) is 12.7. The van der Waals surface area contributed by atoms with Gasteiger partial charge in [-0.15, -0.1) is 0 Å². The number of anilines is 1. The number of carbonyl (C=O) groups is 1. The monoisotopic (exact) mass is 310 g/mol. The highest BCUT2D eigenvalue weighted by atomic mass is 16.6. The Kier molecular flexibility index (Phi) is 3.61. The normalized spacial score (nSPS) is 16.5. The summed E-state index contributed by atoms with van der Waals surface area (Å²) in [5.74, 6) is 1.40. The summed E-state index contributed by atoms with van der Waals surface area (Å²) in [5.41, 5.74) is 2.44. The first-order chi connectivity index (χ1) is 11.3. The van der Waals surface area contributed by atoms with Crippen LogP contribution in [0, 0.1) is 0 Å². The molecule has 4 rings (SSSR count). The lowest BCUT2D eigenvalue weighted by molar-refractivity contribution is 0.101. The van der Waals surface area contributed by atoms with E-state index in [2.05, 4.69) is 22.4 Å². The van der Waals surface area contributed by atoms with E-state index >= 15 is 0 Å². The largest absolute Gasteiger partial charge is 0.484 e. The van der Waals surface area contributed by atoms with Crippen LogP contribution in [-0.4, -0.2) is 24.1 Å². The summed E-state index contributed by atoms with van der Waals surface area (Å²) in [6, 6.07) is 11.4. The van der Waals surface area contributed by atoms with E-state index in [9.17, 15) is 4.79 Å². The van der Waals surface area contributed by atoms with Gasteiger partial charge in [0, 0.05) is 5.69 Å². The van der Waals surface area contributed by atoms with Gasteiger partial charge < -0.3 is 14.8 Å². The molecule has 118 valence electrons. The molecule has 0 unspecified atom stereocenters. The zero-order chi connectivity index (χ0) is 15.6. The van der Waals surface area contributed by atoms with Crippen molar-refractivity contribution in [3.8, 4) is 11.6 Å². The van der Waals surface area contributed by atoms with Crippen molar-refractivity contribution >= 4 is 11.6 Å². The number of carbonyl (C=O) groups excluding carboxylic acids is 1. The quantitative estimate of drug-likeness (QED) is 0.944. The summed E-state index contributed by atoms with van der Waals surface area (Å²) in [5, 5.41) is 2.87. The molecule has 1 aromatic carbocycles. The Hall–Kier alpha value is -2.56. The highest BCUT2D eigenvalue weighted by Crippen LogP contribution is 2.36. The minimum atomic E-state index is -0.252. The Morgan fingerprint density at radius 2 is 1.83 bits per heavy atom. The first kappa shape index (κ1) is 14.1. The Morgan fingerprint density at radius 1 is 1.04 bits per heavy atom. The number of fused-ring (bicyclic) bond motifs is 1. The summed E-state index contributed by atoms with van der Waals surface area (Å²) in [4.78, 5) is 16.5. The van der Waals surface area contributed by atoms with Gasteiger partial charge in [-0.2, -0.15) is 0 Å². The maximum absolute atomic E-state index is 12.3. The molecule has 2 heterocycles. The van der Waals surface area contributed by atoms with E-state index in [1.807, 2.05) is 12.1 Å². The number of hydrogen-bond donors (Lipinski definition) is 1. The molecule has 1 aliphatic heterocycles. The first-order valence-electron chi connectivity index (χ1n) is 7.97. The van der Waals surface area contributed by atoms with Crippen LogP contribution in [0.2, 0.25) is 0 Å². The van der Waals surface area contributed by atoms with E-state index in [-0.39, 0.29) is 5.91 Å². The van der Waals surface area contributed by atoms with Crippen molar-refractivity contribution in [2.24, 2.45) is 0 Å². The average Bonchev–Trinajstić information content (AvgIpc) is 2.54. The molecular formula is C18H18N2O3. The molecule has 1 saturated carbocycles. The highest BCUT2D eigenvalue weighted by Gasteiger charge is 2.20. The molecule has 0 atom stereocenters. The summed E-state index contributed by atoms with van der Waals surface area (Å²) >= 11 is 0. The molecule has 2 aromatic rings. The van der Waals surface area contributed by atoms with Crippen LogP contribution in [0.15, 0.2) is 36.4 Å². The summed E-state index contributed by atoms with van der Waals surface area (Å²) in [6.45, 7) is 0.960. The minimum absolute atomic E-state index is 0.252. The van der Waals surface area contributed by atoms with E-state index in [1.165, 1.54) is 24.8 Å². The van der Waals surface area contributed by atoms with Gasteiger partial charge in [0.25, 0.3) is 11.8 Å². The lowest BCUT2D eigenvalue weighted by Crippen LogP contribution is -2.19. The van der Waals surface area contributed by atoms with Crippen LogP contribution in [0.3, 0.4) is 0 Å². The van der Waals surface area contributed by atoms with E-state index in [0.717, 1.165) is 5.69 Å². The van der Waals surface area contributed by atoms with Gasteiger partial charge in [-0.25, -0.2) is 4.98 Å². The molecule has 1 aromatic heterocycles. The fourth-order valence-corrected chi connectivity index (χ4v) is 2.83. The third kappa shape index (κ3) is 2.86. The molecule has 0 spiro atoms. The number of rotatable bonds is 3. The summed E-state index contributed by atoms with van der Waals surface area (Å²) in [6.07, 6.45) is 3.86. The van der Waals surface area contributed by atoms with Gasteiger partial charge in [0.05, 0.1) is 0 Å². The molecule has 1 N–H and O–H groups in total. The van der Waals surface area contributed by atoms with E-state index in [0.29, 0.717) is 36.5 Å². The first-order valence-corrected chi connectivity index (χ1v) is 7.97. The molecule has 1 fully saturated rings. The third-order valence-corrected chi connectivity index (χ3v) is 4.38. The molecule has 5 nitrogen and oxygen atoms in total. The molecular weight excluding hydrogens is 292 g/mol. The fourth-order valence-electron chi connectivity index (χ4n) is 2.83. The summed E-state index contributed by atoms with van der Waals surface area (Å²) in [7, 11) is 0. The van der Waals surface area contributed by atoms with Crippen molar-refractivity contribution in [1.82, 2.24) is 4.98 Å². The van der Waals surface area contributed by atoms with Gasteiger partial charge in [-0.3, -0.25) is 4.79 Å². The van der Waals surface area contributed by atoms with Crippen LogP contribution >= 0.6 is 0 Å².